The maximum atomic E-state index is 11.6. The van der Waals surface area contributed by atoms with Crippen LogP contribution in [-0.4, -0.2) is 49.6 Å². The van der Waals surface area contributed by atoms with Crippen LogP contribution in [0.25, 0.3) is 0 Å². The van der Waals surface area contributed by atoms with Gasteiger partial charge in [-0.3, -0.25) is 14.5 Å². The second-order valence-electron chi connectivity index (χ2n) is 3.94. The Morgan fingerprint density at radius 1 is 1.29 bits per heavy atom. The van der Waals surface area contributed by atoms with Gasteiger partial charge in [0.1, 0.15) is 6.04 Å². The lowest BCUT2D eigenvalue weighted by Gasteiger charge is -2.24. The average molecular weight is 244 g/mol. The van der Waals surface area contributed by atoms with Crippen molar-refractivity contribution in [3.63, 3.8) is 0 Å². The summed E-state index contributed by atoms with van der Waals surface area (Å²) in [6, 6.07) is -0.345. The molecule has 0 aromatic carbocycles. The lowest BCUT2D eigenvalue weighted by molar-refractivity contribution is -0.149. The number of esters is 1. The summed E-state index contributed by atoms with van der Waals surface area (Å²) in [6.07, 6.45) is 1.54. The van der Waals surface area contributed by atoms with E-state index in [0.717, 1.165) is 6.42 Å². The van der Waals surface area contributed by atoms with Crippen molar-refractivity contribution in [2.45, 2.75) is 39.7 Å². The van der Waals surface area contributed by atoms with Crippen LogP contribution in [0.15, 0.2) is 0 Å². The lowest BCUT2D eigenvalue weighted by Crippen LogP contribution is -2.44. The largest absolute Gasteiger partial charge is 0.465 e. The summed E-state index contributed by atoms with van der Waals surface area (Å²) in [5.74, 6) is -0.321. The maximum Gasteiger partial charge on any atom is 0.323 e. The molecule has 0 fully saturated rings. The molecule has 1 unspecified atom stereocenters. The first kappa shape index (κ1) is 15.9. The van der Waals surface area contributed by atoms with Gasteiger partial charge in [-0.05, 0) is 26.8 Å². The molecule has 0 rings (SSSR count). The van der Waals surface area contributed by atoms with Gasteiger partial charge in [0.05, 0.1) is 13.2 Å². The monoisotopic (exact) mass is 244 g/mol. The van der Waals surface area contributed by atoms with Gasteiger partial charge in [-0.25, -0.2) is 0 Å². The number of ether oxygens (including phenoxy) is 1. The van der Waals surface area contributed by atoms with E-state index in [4.69, 9.17) is 4.74 Å². The molecule has 0 radical (unpaired) electrons. The van der Waals surface area contributed by atoms with Crippen LogP contribution in [-0.2, 0) is 14.3 Å². The average Bonchev–Trinajstić information content (AvgIpc) is 2.27. The van der Waals surface area contributed by atoms with Crippen LogP contribution < -0.4 is 5.32 Å². The van der Waals surface area contributed by atoms with E-state index in [1.165, 1.54) is 0 Å². The first-order chi connectivity index (χ1) is 8.06. The molecule has 0 aliphatic carbocycles. The molecule has 17 heavy (non-hydrogen) atoms. The van der Waals surface area contributed by atoms with Crippen molar-refractivity contribution < 1.29 is 14.3 Å². The standard InChI is InChI=1S/C12H24N2O3/c1-5-8-13-11(15)9-14(4)10(6-2)12(16)17-7-3/h10H,5-9H2,1-4H3,(H,13,15). The Morgan fingerprint density at radius 2 is 1.94 bits per heavy atom. The minimum absolute atomic E-state index is 0.0582. The van der Waals surface area contributed by atoms with Gasteiger partial charge >= 0.3 is 5.97 Å². The minimum Gasteiger partial charge on any atom is -0.465 e. The van der Waals surface area contributed by atoms with E-state index in [9.17, 15) is 9.59 Å². The van der Waals surface area contributed by atoms with Gasteiger partial charge in [-0.1, -0.05) is 13.8 Å². The summed E-state index contributed by atoms with van der Waals surface area (Å²) < 4.78 is 4.97. The molecule has 0 aromatic rings. The third-order valence-corrected chi connectivity index (χ3v) is 2.44. The molecular weight excluding hydrogens is 220 g/mol. The molecule has 5 heteroatoms. The van der Waals surface area contributed by atoms with Crippen LogP contribution in [0, 0.1) is 0 Å². The van der Waals surface area contributed by atoms with Crippen LogP contribution >= 0.6 is 0 Å². The highest BCUT2D eigenvalue weighted by Gasteiger charge is 2.23. The molecule has 100 valence electrons. The molecule has 0 aliphatic heterocycles. The van der Waals surface area contributed by atoms with Crippen molar-refractivity contribution in [2.24, 2.45) is 0 Å². The van der Waals surface area contributed by atoms with E-state index in [2.05, 4.69) is 5.32 Å². The Morgan fingerprint density at radius 3 is 2.41 bits per heavy atom. The highest BCUT2D eigenvalue weighted by atomic mass is 16.5. The predicted octanol–water partition coefficient (Wildman–Crippen LogP) is 0.786. The second-order valence-corrected chi connectivity index (χ2v) is 3.94. The minimum atomic E-state index is -0.345. The molecule has 0 saturated heterocycles. The topological polar surface area (TPSA) is 58.6 Å². The highest BCUT2D eigenvalue weighted by molar-refractivity contribution is 5.80. The fraction of sp³-hybridized carbons (Fsp3) is 0.833. The number of nitrogens with zero attached hydrogens (tertiary/aromatic N) is 1. The third-order valence-electron chi connectivity index (χ3n) is 2.44. The Bertz CT molecular complexity index is 244. The zero-order valence-corrected chi connectivity index (χ0v) is 11.3. The van der Waals surface area contributed by atoms with Crippen LogP contribution in [0.1, 0.15) is 33.6 Å². The van der Waals surface area contributed by atoms with Gasteiger partial charge in [-0.15, -0.1) is 0 Å². The van der Waals surface area contributed by atoms with Gasteiger partial charge in [0.2, 0.25) is 5.91 Å². The number of likely N-dealkylation sites (N-methyl/N-ethyl adjacent to an activating group) is 1. The number of hydrogen-bond acceptors (Lipinski definition) is 4. The zero-order chi connectivity index (χ0) is 13.3. The Labute approximate surface area is 103 Å². The number of hydrogen-bond donors (Lipinski definition) is 1. The van der Waals surface area contributed by atoms with E-state index < -0.39 is 0 Å². The summed E-state index contributed by atoms with van der Waals surface area (Å²) in [6.45, 7) is 6.93. The number of amides is 1. The molecule has 0 spiro atoms. The highest BCUT2D eigenvalue weighted by Crippen LogP contribution is 2.04. The van der Waals surface area contributed by atoms with E-state index in [0.29, 0.717) is 19.6 Å². The molecule has 5 nitrogen and oxygen atoms in total. The summed E-state index contributed by atoms with van der Waals surface area (Å²) in [5.41, 5.74) is 0. The summed E-state index contributed by atoms with van der Waals surface area (Å²) in [7, 11) is 1.76. The van der Waals surface area contributed by atoms with Gasteiger partial charge < -0.3 is 10.1 Å². The summed E-state index contributed by atoms with van der Waals surface area (Å²) >= 11 is 0. The number of carbonyl (C=O) groups excluding carboxylic acids is 2. The molecule has 1 N–H and O–H groups in total. The molecule has 1 amide bonds. The van der Waals surface area contributed by atoms with E-state index in [-0.39, 0.29) is 24.5 Å². The smallest absolute Gasteiger partial charge is 0.323 e. The van der Waals surface area contributed by atoms with Crippen LogP contribution in [0.3, 0.4) is 0 Å². The summed E-state index contributed by atoms with van der Waals surface area (Å²) in [4.78, 5) is 24.8. The van der Waals surface area contributed by atoms with E-state index in [1.807, 2.05) is 13.8 Å². The third kappa shape index (κ3) is 6.26. The van der Waals surface area contributed by atoms with Crippen molar-refractivity contribution in [2.75, 3.05) is 26.7 Å². The molecule has 0 aliphatic rings. The molecule has 0 saturated carbocycles. The number of rotatable bonds is 8. The van der Waals surface area contributed by atoms with Crippen LogP contribution in [0.5, 0.6) is 0 Å². The van der Waals surface area contributed by atoms with Crippen molar-refractivity contribution in [3.8, 4) is 0 Å². The van der Waals surface area contributed by atoms with Gasteiger partial charge in [0, 0.05) is 6.54 Å². The fourth-order valence-corrected chi connectivity index (χ4v) is 1.55. The molecule has 0 bridgehead atoms. The maximum absolute atomic E-state index is 11.6. The van der Waals surface area contributed by atoms with Crippen molar-refractivity contribution >= 4 is 11.9 Å². The summed E-state index contributed by atoms with van der Waals surface area (Å²) in [5, 5.41) is 2.78. The SMILES string of the molecule is CCCNC(=O)CN(C)C(CC)C(=O)OCC. The Balaban J connectivity index is 4.19. The van der Waals surface area contributed by atoms with Crippen LogP contribution in [0.4, 0.5) is 0 Å². The molecule has 0 aromatic heterocycles. The van der Waals surface area contributed by atoms with Crippen molar-refractivity contribution in [1.82, 2.24) is 10.2 Å². The Kier molecular flexibility index (Phi) is 8.40. The molecular formula is C12H24N2O3. The van der Waals surface area contributed by atoms with Crippen molar-refractivity contribution in [3.05, 3.63) is 0 Å². The van der Waals surface area contributed by atoms with Gasteiger partial charge in [-0.2, -0.15) is 0 Å². The fourth-order valence-electron chi connectivity index (χ4n) is 1.55. The molecule has 1 atom stereocenters. The number of carbonyl (C=O) groups is 2. The quantitative estimate of drug-likeness (QED) is 0.641. The normalized spacial score (nSPS) is 12.3. The molecule has 0 heterocycles. The number of nitrogens with one attached hydrogen (secondary N) is 1. The van der Waals surface area contributed by atoms with Gasteiger partial charge in [0.15, 0.2) is 0 Å². The first-order valence-corrected chi connectivity index (χ1v) is 6.20. The van der Waals surface area contributed by atoms with E-state index in [1.54, 1.807) is 18.9 Å². The van der Waals surface area contributed by atoms with Crippen molar-refractivity contribution in [1.29, 1.82) is 0 Å². The predicted molar refractivity (Wildman–Crippen MR) is 66.6 cm³/mol. The lowest BCUT2D eigenvalue weighted by atomic mass is 10.2. The first-order valence-electron chi connectivity index (χ1n) is 6.20. The second kappa shape index (κ2) is 8.98. The zero-order valence-electron chi connectivity index (χ0n) is 11.3. The van der Waals surface area contributed by atoms with Gasteiger partial charge in [0.25, 0.3) is 0 Å². The van der Waals surface area contributed by atoms with Crippen LogP contribution in [0.2, 0.25) is 0 Å². The Hall–Kier alpha value is -1.10. The van der Waals surface area contributed by atoms with E-state index >= 15 is 0 Å².